The van der Waals surface area contributed by atoms with E-state index in [2.05, 4.69) is 0 Å². The first-order valence-electron chi connectivity index (χ1n) is 8.79. The Balaban J connectivity index is 1.87. The predicted octanol–water partition coefficient (Wildman–Crippen LogP) is 5.53. The monoisotopic (exact) mass is 382 g/mol. The summed E-state index contributed by atoms with van der Waals surface area (Å²) in [6, 6.07) is 19.4. The molecule has 2 aromatic rings. The molecular weight excluding hydrogens is 357 g/mol. The Hall–Kier alpha value is -1.63. The van der Waals surface area contributed by atoms with Crippen LogP contribution in [0.4, 0.5) is 13.2 Å². The largest absolute Gasteiger partial charge is 0.394 e. The summed E-state index contributed by atoms with van der Waals surface area (Å²) in [7, 11) is -2.89. The first kappa shape index (κ1) is 20.7. The lowest BCUT2D eigenvalue weighted by atomic mass is 10.2. The zero-order valence-corrected chi connectivity index (χ0v) is 16.0. The van der Waals surface area contributed by atoms with E-state index in [9.17, 15) is 13.2 Å². The standard InChI is InChI=1S/C20H25F3O2Si/c1-26(17-14-20(21,22)23,24-15-12-18-8-4-2-5-9-18)25-16-13-19-10-6-3-7-11-19/h2-11H,12-17H2,1H3. The third-order valence-electron chi connectivity index (χ3n) is 4.14. The summed E-state index contributed by atoms with van der Waals surface area (Å²) < 4.78 is 49.8. The zero-order valence-electron chi connectivity index (χ0n) is 15.0. The molecule has 0 aliphatic carbocycles. The van der Waals surface area contributed by atoms with Crippen LogP contribution in [0, 0.1) is 0 Å². The Labute approximate surface area is 154 Å². The van der Waals surface area contributed by atoms with Crippen LogP contribution in [0.1, 0.15) is 17.5 Å². The molecule has 2 aromatic carbocycles. The molecule has 0 aliphatic rings. The van der Waals surface area contributed by atoms with E-state index in [4.69, 9.17) is 8.85 Å². The van der Waals surface area contributed by atoms with Gasteiger partial charge in [-0.2, -0.15) is 13.2 Å². The van der Waals surface area contributed by atoms with Crippen LogP contribution in [0.3, 0.4) is 0 Å². The van der Waals surface area contributed by atoms with Gasteiger partial charge in [-0.05, 0) is 36.6 Å². The van der Waals surface area contributed by atoms with Crippen LogP contribution in [0.5, 0.6) is 0 Å². The van der Waals surface area contributed by atoms with Crippen molar-refractivity contribution in [3.05, 3.63) is 71.8 Å². The van der Waals surface area contributed by atoms with Gasteiger partial charge in [-0.25, -0.2) is 0 Å². The Morgan fingerprint density at radius 2 is 1.19 bits per heavy atom. The van der Waals surface area contributed by atoms with Gasteiger partial charge in [0.25, 0.3) is 0 Å². The molecule has 0 bridgehead atoms. The van der Waals surface area contributed by atoms with E-state index in [0.717, 1.165) is 11.1 Å². The average molecular weight is 382 g/mol. The fourth-order valence-electron chi connectivity index (χ4n) is 2.61. The molecule has 0 N–H and O–H groups in total. The third-order valence-corrected chi connectivity index (χ3v) is 6.93. The predicted molar refractivity (Wildman–Crippen MR) is 99.3 cm³/mol. The number of hydrogen-bond donors (Lipinski definition) is 0. The zero-order chi connectivity index (χ0) is 18.9. The van der Waals surface area contributed by atoms with Crippen LogP contribution in [-0.4, -0.2) is 28.0 Å². The summed E-state index contributed by atoms with van der Waals surface area (Å²) in [5.74, 6) is 0. The highest BCUT2D eigenvalue weighted by atomic mass is 28.4. The summed E-state index contributed by atoms with van der Waals surface area (Å²) >= 11 is 0. The number of halogens is 3. The van der Waals surface area contributed by atoms with E-state index >= 15 is 0 Å². The van der Waals surface area contributed by atoms with Gasteiger partial charge in [0.05, 0.1) is 0 Å². The highest BCUT2D eigenvalue weighted by molar-refractivity contribution is 6.66. The summed E-state index contributed by atoms with van der Waals surface area (Å²) in [4.78, 5) is 0. The molecule has 0 saturated carbocycles. The maximum absolute atomic E-state index is 12.7. The van der Waals surface area contributed by atoms with E-state index < -0.39 is 21.2 Å². The Morgan fingerprint density at radius 1 is 0.769 bits per heavy atom. The van der Waals surface area contributed by atoms with Gasteiger partial charge in [-0.3, -0.25) is 0 Å². The molecule has 0 aromatic heterocycles. The minimum Gasteiger partial charge on any atom is -0.394 e. The van der Waals surface area contributed by atoms with Crippen molar-refractivity contribution < 1.29 is 22.0 Å². The quantitative estimate of drug-likeness (QED) is 0.503. The Kier molecular flexibility index (Phi) is 7.87. The van der Waals surface area contributed by atoms with E-state index in [0.29, 0.717) is 26.1 Å². The summed E-state index contributed by atoms with van der Waals surface area (Å²) in [6.45, 7) is 2.47. The fraction of sp³-hybridized carbons (Fsp3) is 0.400. The Morgan fingerprint density at radius 3 is 1.58 bits per heavy atom. The normalized spacial score (nSPS) is 12.3. The molecule has 2 rings (SSSR count). The van der Waals surface area contributed by atoms with Crippen molar-refractivity contribution in [3.8, 4) is 0 Å². The van der Waals surface area contributed by atoms with E-state index in [1.54, 1.807) is 6.55 Å². The smallest absolute Gasteiger partial charge is 0.389 e. The van der Waals surface area contributed by atoms with Crippen LogP contribution in [0.15, 0.2) is 60.7 Å². The van der Waals surface area contributed by atoms with Gasteiger partial charge in [-0.15, -0.1) is 0 Å². The van der Waals surface area contributed by atoms with Gasteiger partial charge in [0.15, 0.2) is 0 Å². The van der Waals surface area contributed by atoms with Gasteiger partial charge in [0, 0.05) is 19.6 Å². The van der Waals surface area contributed by atoms with Crippen molar-refractivity contribution >= 4 is 8.56 Å². The first-order chi connectivity index (χ1) is 12.4. The van der Waals surface area contributed by atoms with Crippen LogP contribution >= 0.6 is 0 Å². The highest BCUT2D eigenvalue weighted by Crippen LogP contribution is 2.27. The fourth-order valence-corrected chi connectivity index (χ4v) is 4.79. The third kappa shape index (κ3) is 8.16. The highest BCUT2D eigenvalue weighted by Gasteiger charge is 2.37. The minimum atomic E-state index is -4.19. The topological polar surface area (TPSA) is 18.5 Å². The number of hydrogen-bond acceptors (Lipinski definition) is 2. The van der Waals surface area contributed by atoms with Crippen molar-refractivity contribution in [3.63, 3.8) is 0 Å². The molecule has 6 heteroatoms. The number of benzene rings is 2. The lowest BCUT2D eigenvalue weighted by Crippen LogP contribution is -2.41. The van der Waals surface area contributed by atoms with Gasteiger partial charge in [-0.1, -0.05) is 60.7 Å². The molecule has 0 radical (unpaired) electrons. The van der Waals surface area contributed by atoms with Crippen molar-refractivity contribution in [2.45, 2.75) is 38.0 Å². The van der Waals surface area contributed by atoms with Gasteiger partial charge < -0.3 is 8.85 Å². The lowest BCUT2D eigenvalue weighted by molar-refractivity contribution is -0.132. The molecule has 2 nitrogen and oxygen atoms in total. The molecule has 0 amide bonds. The van der Waals surface area contributed by atoms with Gasteiger partial charge in [0.2, 0.25) is 0 Å². The lowest BCUT2D eigenvalue weighted by Gasteiger charge is -2.28. The number of alkyl halides is 3. The molecule has 0 heterocycles. The first-order valence-corrected chi connectivity index (χ1v) is 11.3. The van der Waals surface area contributed by atoms with Crippen LogP contribution in [0.2, 0.25) is 12.6 Å². The average Bonchev–Trinajstić information content (AvgIpc) is 2.62. The molecule has 0 aliphatic heterocycles. The van der Waals surface area contributed by atoms with E-state index in [-0.39, 0.29) is 6.04 Å². The van der Waals surface area contributed by atoms with Crippen LogP contribution < -0.4 is 0 Å². The molecule has 0 unspecified atom stereocenters. The second kappa shape index (κ2) is 9.90. The van der Waals surface area contributed by atoms with Crippen molar-refractivity contribution in [1.29, 1.82) is 0 Å². The molecular formula is C20H25F3O2Si. The molecule has 142 valence electrons. The SMILES string of the molecule is C[Si](CCC(F)(F)F)(OCCc1ccccc1)OCCc1ccccc1. The summed E-state index contributed by atoms with van der Waals surface area (Å²) in [5.41, 5.74) is 2.20. The van der Waals surface area contributed by atoms with Crippen molar-refractivity contribution in [1.82, 2.24) is 0 Å². The van der Waals surface area contributed by atoms with Crippen molar-refractivity contribution in [2.24, 2.45) is 0 Å². The summed E-state index contributed by atoms with van der Waals surface area (Å²) in [5, 5.41) is 0. The van der Waals surface area contributed by atoms with E-state index in [1.807, 2.05) is 60.7 Å². The van der Waals surface area contributed by atoms with Crippen LogP contribution in [0.25, 0.3) is 0 Å². The van der Waals surface area contributed by atoms with E-state index in [1.165, 1.54) is 0 Å². The second-order valence-electron chi connectivity index (χ2n) is 6.42. The minimum absolute atomic E-state index is 0.0833. The van der Waals surface area contributed by atoms with Gasteiger partial charge in [0.1, 0.15) is 0 Å². The molecule has 0 fully saturated rings. The Bertz CT molecular complexity index is 587. The van der Waals surface area contributed by atoms with Crippen molar-refractivity contribution in [2.75, 3.05) is 13.2 Å². The molecule has 26 heavy (non-hydrogen) atoms. The second-order valence-corrected chi connectivity index (χ2v) is 9.76. The number of rotatable bonds is 10. The van der Waals surface area contributed by atoms with Gasteiger partial charge >= 0.3 is 14.7 Å². The van der Waals surface area contributed by atoms with Crippen LogP contribution in [-0.2, 0) is 21.7 Å². The summed E-state index contributed by atoms with van der Waals surface area (Å²) in [6.07, 6.45) is -3.73. The molecule has 0 spiro atoms. The maximum Gasteiger partial charge on any atom is 0.389 e. The maximum atomic E-state index is 12.7. The molecule has 0 saturated heterocycles. The molecule has 0 atom stereocenters.